The normalized spacial score (nSPS) is 14.9. The zero-order valence-corrected chi connectivity index (χ0v) is 19.1. The van der Waals surface area contributed by atoms with Gasteiger partial charge in [0.15, 0.2) is 0 Å². The van der Waals surface area contributed by atoms with E-state index in [1.165, 1.54) is 17.7 Å². The van der Waals surface area contributed by atoms with E-state index in [0.717, 1.165) is 18.6 Å². The molecule has 0 heterocycles. The highest BCUT2D eigenvalue weighted by molar-refractivity contribution is 5.88. The molecule has 1 N–H and O–H groups in total. The summed E-state index contributed by atoms with van der Waals surface area (Å²) in [5.74, 6) is 0.793. The lowest BCUT2D eigenvalue weighted by Gasteiger charge is -2.28. The monoisotopic (exact) mass is 420 g/mol. The Hall–Kier alpha value is -2.44. The summed E-state index contributed by atoms with van der Waals surface area (Å²) in [6.45, 7) is 11.3. The quantitative estimate of drug-likeness (QED) is 0.678. The molecule has 0 aliphatic heterocycles. The lowest BCUT2D eigenvalue weighted by molar-refractivity contribution is 0.0513. The minimum Gasteiger partial charge on any atom is -0.490 e. The number of anilines is 1. The van der Waals surface area contributed by atoms with E-state index in [4.69, 9.17) is 14.2 Å². The maximum atomic E-state index is 12.8. The number of carbonyl (C=O) groups excluding carboxylic acids is 2. The van der Waals surface area contributed by atoms with E-state index in [9.17, 15) is 9.59 Å². The van der Waals surface area contributed by atoms with Crippen LogP contribution in [0.5, 0.6) is 5.75 Å². The molecule has 0 unspecified atom stereocenters. The minimum atomic E-state index is -0.626. The zero-order chi connectivity index (χ0) is 22.4. The number of hydrogen-bond acceptors (Lipinski definition) is 5. The fourth-order valence-corrected chi connectivity index (χ4v) is 3.13. The molecule has 7 nitrogen and oxygen atoms in total. The molecule has 1 aliphatic rings. The van der Waals surface area contributed by atoms with Gasteiger partial charge in [-0.1, -0.05) is 0 Å². The van der Waals surface area contributed by atoms with Gasteiger partial charge in [-0.3, -0.25) is 4.90 Å². The Morgan fingerprint density at radius 2 is 1.53 bits per heavy atom. The molecule has 1 aromatic rings. The van der Waals surface area contributed by atoms with E-state index in [1.807, 2.05) is 45.0 Å². The highest BCUT2D eigenvalue weighted by Crippen LogP contribution is 2.26. The molecule has 0 atom stereocenters. The topological polar surface area (TPSA) is 77.1 Å². The second-order valence-corrected chi connectivity index (χ2v) is 9.58. The number of benzene rings is 1. The van der Waals surface area contributed by atoms with Crippen molar-refractivity contribution in [1.82, 2.24) is 5.32 Å². The largest absolute Gasteiger partial charge is 0.490 e. The van der Waals surface area contributed by atoms with Crippen molar-refractivity contribution in [2.24, 2.45) is 0 Å². The van der Waals surface area contributed by atoms with Crippen molar-refractivity contribution in [3.63, 3.8) is 0 Å². The van der Waals surface area contributed by atoms with Gasteiger partial charge in [-0.2, -0.15) is 0 Å². The van der Waals surface area contributed by atoms with Gasteiger partial charge >= 0.3 is 12.2 Å². The molecule has 168 valence electrons. The minimum absolute atomic E-state index is 0.231. The molecule has 0 radical (unpaired) electrons. The van der Waals surface area contributed by atoms with E-state index in [1.54, 1.807) is 20.8 Å². The molecule has 30 heavy (non-hydrogen) atoms. The molecule has 1 aromatic carbocycles. The summed E-state index contributed by atoms with van der Waals surface area (Å²) in [6.07, 6.45) is 3.87. The molecule has 7 heteroatoms. The van der Waals surface area contributed by atoms with Crippen molar-refractivity contribution in [2.45, 2.75) is 84.5 Å². The van der Waals surface area contributed by atoms with Gasteiger partial charge in [-0.25, -0.2) is 9.59 Å². The van der Waals surface area contributed by atoms with Crippen LogP contribution in [0.1, 0.15) is 67.2 Å². The summed E-state index contributed by atoms with van der Waals surface area (Å²) in [7, 11) is 0. The predicted octanol–water partition coefficient (Wildman–Crippen LogP) is 5.27. The third-order valence-corrected chi connectivity index (χ3v) is 4.37. The molecule has 0 saturated heterocycles. The first-order valence-electron chi connectivity index (χ1n) is 10.7. The molecule has 2 rings (SSSR count). The van der Waals surface area contributed by atoms with E-state index in [2.05, 4.69) is 5.32 Å². The maximum Gasteiger partial charge on any atom is 0.414 e. The van der Waals surface area contributed by atoms with Crippen molar-refractivity contribution in [3.05, 3.63) is 24.3 Å². The number of nitrogens with one attached hydrogen (secondary N) is 1. The molecule has 1 saturated carbocycles. The van der Waals surface area contributed by atoms with Gasteiger partial charge in [0.1, 0.15) is 17.0 Å². The molecule has 1 aliphatic carbocycles. The van der Waals surface area contributed by atoms with Gasteiger partial charge in [0, 0.05) is 18.8 Å². The average molecular weight is 421 g/mol. The zero-order valence-electron chi connectivity index (χ0n) is 19.1. The maximum absolute atomic E-state index is 12.8. The average Bonchev–Trinajstić information content (AvgIpc) is 3.09. The first-order chi connectivity index (χ1) is 13.9. The fourth-order valence-electron chi connectivity index (χ4n) is 3.13. The Kier molecular flexibility index (Phi) is 7.98. The SMILES string of the molecule is CC(C)(C)OC(=O)NCCN(C(=O)OC(C)(C)C)c1ccc(OC2CCCC2)cc1. The molecular formula is C23H36N2O5. The fraction of sp³-hybridized carbons (Fsp3) is 0.652. The second kappa shape index (κ2) is 10.0. The number of amides is 2. The first kappa shape index (κ1) is 23.8. The van der Waals surface area contributed by atoms with E-state index < -0.39 is 23.4 Å². The van der Waals surface area contributed by atoms with Gasteiger partial charge in [-0.05, 0) is 91.5 Å². The van der Waals surface area contributed by atoms with Crippen LogP contribution in [0.3, 0.4) is 0 Å². The highest BCUT2D eigenvalue weighted by atomic mass is 16.6. The Labute approximate surface area is 180 Å². The molecular weight excluding hydrogens is 384 g/mol. The van der Waals surface area contributed by atoms with E-state index in [0.29, 0.717) is 5.69 Å². The van der Waals surface area contributed by atoms with Crippen molar-refractivity contribution in [1.29, 1.82) is 0 Å². The van der Waals surface area contributed by atoms with Crippen LogP contribution >= 0.6 is 0 Å². The molecule has 1 fully saturated rings. The van der Waals surface area contributed by atoms with Gasteiger partial charge in [-0.15, -0.1) is 0 Å². The highest BCUT2D eigenvalue weighted by Gasteiger charge is 2.24. The van der Waals surface area contributed by atoms with Crippen LogP contribution in [0.2, 0.25) is 0 Å². The molecule has 0 aromatic heterocycles. The lowest BCUT2D eigenvalue weighted by atomic mass is 10.2. The third kappa shape index (κ3) is 8.51. The van der Waals surface area contributed by atoms with Crippen LogP contribution in [0.15, 0.2) is 24.3 Å². The van der Waals surface area contributed by atoms with E-state index in [-0.39, 0.29) is 19.2 Å². The Bertz CT molecular complexity index is 698. The van der Waals surface area contributed by atoms with E-state index >= 15 is 0 Å². The van der Waals surface area contributed by atoms with Crippen LogP contribution in [0.4, 0.5) is 15.3 Å². The van der Waals surface area contributed by atoms with Crippen molar-refractivity contribution < 1.29 is 23.8 Å². The standard InChI is InChI=1S/C23H36N2O5/c1-22(2,3)29-20(26)24-15-16-25(21(27)30-23(4,5)6)17-11-13-19(14-12-17)28-18-9-7-8-10-18/h11-14,18H,7-10,15-16H2,1-6H3,(H,24,26). The van der Waals surface area contributed by atoms with Crippen LogP contribution in [0.25, 0.3) is 0 Å². The first-order valence-corrected chi connectivity index (χ1v) is 10.7. The summed E-state index contributed by atoms with van der Waals surface area (Å²) in [4.78, 5) is 26.2. The number of nitrogens with zero attached hydrogens (tertiary/aromatic N) is 1. The van der Waals surface area contributed by atoms with Crippen molar-refractivity contribution in [2.75, 3.05) is 18.0 Å². The summed E-state index contributed by atoms with van der Waals surface area (Å²) in [6, 6.07) is 7.40. The van der Waals surface area contributed by atoms with Crippen LogP contribution in [-0.4, -0.2) is 42.6 Å². The van der Waals surface area contributed by atoms with Crippen LogP contribution < -0.4 is 15.0 Å². The number of hydrogen-bond donors (Lipinski definition) is 1. The van der Waals surface area contributed by atoms with Crippen LogP contribution in [-0.2, 0) is 9.47 Å². The Balaban J connectivity index is 2.03. The molecule has 2 amide bonds. The van der Waals surface area contributed by atoms with Crippen LogP contribution in [0, 0.1) is 0 Å². The van der Waals surface area contributed by atoms with Gasteiger partial charge in [0.05, 0.1) is 6.10 Å². The molecule has 0 spiro atoms. The van der Waals surface area contributed by atoms with Gasteiger partial charge in [0.25, 0.3) is 0 Å². The Morgan fingerprint density at radius 3 is 2.07 bits per heavy atom. The van der Waals surface area contributed by atoms with Gasteiger partial charge in [0.2, 0.25) is 0 Å². The number of ether oxygens (including phenoxy) is 3. The van der Waals surface area contributed by atoms with Crippen molar-refractivity contribution in [3.8, 4) is 5.75 Å². The third-order valence-electron chi connectivity index (χ3n) is 4.37. The van der Waals surface area contributed by atoms with Crippen molar-refractivity contribution >= 4 is 17.9 Å². The predicted molar refractivity (Wildman–Crippen MR) is 117 cm³/mol. The number of rotatable bonds is 6. The number of carbonyl (C=O) groups is 2. The second-order valence-electron chi connectivity index (χ2n) is 9.58. The number of alkyl carbamates (subject to hydrolysis) is 1. The Morgan fingerprint density at radius 1 is 0.967 bits per heavy atom. The summed E-state index contributed by atoms with van der Waals surface area (Å²) in [5, 5.41) is 2.68. The van der Waals surface area contributed by atoms with Gasteiger partial charge < -0.3 is 19.5 Å². The summed E-state index contributed by atoms with van der Waals surface area (Å²) < 4.78 is 16.8. The molecule has 0 bridgehead atoms. The lowest BCUT2D eigenvalue weighted by Crippen LogP contribution is -2.42. The summed E-state index contributed by atoms with van der Waals surface area (Å²) >= 11 is 0. The smallest absolute Gasteiger partial charge is 0.414 e. The summed E-state index contributed by atoms with van der Waals surface area (Å²) in [5.41, 5.74) is -0.530.